The lowest BCUT2D eigenvalue weighted by atomic mass is 9.86. The highest BCUT2D eigenvalue weighted by Crippen LogP contribution is 2.29. The zero-order valence-electron chi connectivity index (χ0n) is 18.5. The first-order valence-electron chi connectivity index (χ1n) is 10.2. The Bertz CT molecular complexity index is 922. The van der Waals surface area contributed by atoms with Gasteiger partial charge in [-0.3, -0.25) is 9.59 Å². The van der Waals surface area contributed by atoms with Crippen molar-refractivity contribution in [2.75, 3.05) is 13.6 Å². The molecule has 0 radical (unpaired) electrons. The Hall–Kier alpha value is -2.49. The number of benzene rings is 1. The highest BCUT2D eigenvalue weighted by Gasteiger charge is 2.43. The van der Waals surface area contributed by atoms with Gasteiger partial charge >= 0.3 is 0 Å². The van der Waals surface area contributed by atoms with Crippen LogP contribution in [0.5, 0.6) is 5.75 Å². The lowest BCUT2D eigenvalue weighted by Gasteiger charge is -2.34. The van der Waals surface area contributed by atoms with Crippen molar-refractivity contribution < 1.29 is 19.5 Å². The standard InChI is InChI=1S/C22H30N4O4S/c1-13-18(31-12-24-13)14-6-8-16(9-7-14)30-25-20(28)17-10-15(27)11-26(17)21(29)19(23-5)22(2,3)4/h6-9,12,15,17,19,23,27H,10-11H2,1-5H3,(H,25,28)/t15-,17+,19-/m1/s1. The summed E-state index contributed by atoms with van der Waals surface area (Å²) in [6, 6.07) is 6.06. The molecule has 31 heavy (non-hydrogen) atoms. The summed E-state index contributed by atoms with van der Waals surface area (Å²) < 4.78 is 0. The molecule has 3 atom stereocenters. The quantitative estimate of drug-likeness (QED) is 0.588. The van der Waals surface area contributed by atoms with E-state index in [4.69, 9.17) is 4.84 Å². The number of carbonyl (C=O) groups excluding carboxylic acids is 2. The van der Waals surface area contributed by atoms with E-state index in [9.17, 15) is 14.7 Å². The second-order valence-electron chi connectivity index (χ2n) is 8.84. The number of likely N-dealkylation sites (tertiary alicyclic amines) is 1. The van der Waals surface area contributed by atoms with E-state index in [1.807, 2.05) is 39.8 Å². The molecular formula is C22H30N4O4S. The fraction of sp³-hybridized carbons (Fsp3) is 0.500. The summed E-state index contributed by atoms with van der Waals surface area (Å²) in [6.07, 6.45) is -0.579. The molecule has 1 fully saturated rings. The summed E-state index contributed by atoms with van der Waals surface area (Å²) in [4.78, 5) is 38.1. The van der Waals surface area contributed by atoms with Gasteiger partial charge in [0, 0.05) is 13.0 Å². The van der Waals surface area contributed by atoms with Crippen LogP contribution in [0.4, 0.5) is 0 Å². The van der Waals surface area contributed by atoms with Crippen LogP contribution in [-0.2, 0) is 9.59 Å². The lowest BCUT2D eigenvalue weighted by molar-refractivity contribution is -0.144. The van der Waals surface area contributed by atoms with Crippen LogP contribution in [0.3, 0.4) is 0 Å². The van der Waals surface area contributed by atoms with Gasteiger partial charge in [0.1, 0.15) is 6.04 Å². The van der Waals surface area contributed by atoms with Crippen molar-refractivity contribution in [3.63, 3.8) is 0 Å². The van der Waals surface area contributed by atoms with Crippen LogP contribution < -0.4 is 15.6 Å². The summed E-state index contributed by atoms with van der Waals surface area (Å²) in [6.45, 7) is 7.93. The molecule has 0 spiro atoms. The average Bonchev–Trinajstić information content (AvgIpc) is 3.31. The third-order valence-electron chi connectivity index (χ3n) is 5.40. The molecule has 3 rings (SSSR count). The van der Waals surface area contributed by atoms with E-state index in [-0.39, 0.29) is 24.3 Å². The van der Waals surface area contributed by atoms with Crippen molar-refractivity contribution in [3.8, 4) is 16.2 Å². The molecule has 1 saturated heterocycles. The molecule has 0 bridgehead atoms. The molecule has 8 nitrogen and oxygen atoms in total. The molecule has 168 valence electrons. The summed E-state index contributed by atoms with van der Waals surface area (Å²) in [5, 5.41) is 13.1. The van der Waals surface area contributed by atoms with Crippen LogP contribution in [0.2, 0.25) is 0 Å². The number of nitrogens with one attached hydrogen (secondary N) is 2. The number of aryl methyl sites for hydroxylation is 1. The van der Waals surface area contributed by atoms with Gasteiger partial charge in [0.25, 0.3) is 5.91 Å². The topological polar surface area (TPSA) is 104 Å². The number of hydrogen-bond donors (Lipinski definition) is 3. The third-order valence-corrected chi connectivity index (χ3v) is 6.38. The smallest absolute Gasteiger partial charge is 0.275 e. The van der Waals surface area contributed by atoms with E-state index in [1.165, 1.54) is 4.90 Å². The molecule has 2 heterocycles. The van der Waals surface area contributed by atoms with Gasteiger partial charge in [-0.2, -0.15) is 5.48 Å². The highest BCUT2D eigenvalue weighted by molar-refractivity contribution is 7.13. The fourth-order valence-electron chi connectivity index (χ4n) is 3.83. The van der Waals surface area contributed by atoms with Crippen molar-refractivity contribution in [1.29, 1.82) is 0 Å². The normalized spacial score (nSPS) is 19.9. The summed E-state index contributed by atoms with van der Waals surface area (Å²) in [5.41, 5.74) is 5.88. The molecule has 1 aliphatic heterocycles. The Kier molecular flexibility index (Phi) is 6.98. The summed E-state index contributed by atoms with van der Waals surface area (Å²) in [5.74, 6) is -0.203. The van der Waals surface area contributed by atoms with Crippen molar-refractivity contribution in [2.45, 2.75) is 52.3 Å². The number of amides is 2. The molecule has 0 aliphatic carbocycles. The minimum atomic E-state index is -0.792. The first-order valence-corrected chi connectivity index (χ1v) is 11.1. The lowest BCUT2D eigenvalue weighted by Crippen LogP contribution is -2.56. The number of aromatic nitrogens is 1. The number of β-amino-alcohol motifs (C(OH)–C–C–N with tert-alkyl or cyclic N) is 1. The molecule has 0 unspecified atom stereocenters. The van der Waals surface area contributed by atoms with Gasteiger partial charge in [0.15, 0.2) is 5.75 Å². The van der Waals surface area contributed by atoms with Crippen LogP contribution in [0.25, 0.3) is 10.4 Å². The SMILES string of the molecule is CN[C@H](C(=O)N1C[C@H](O)C[C@H]1C(=O)NOc1ccc(-c2scnc2C)cc1)C(C)(C)C. The Morgan fingerprint density at radius 2 is 1.97 bits per heavy atom. The number of carbonyl (C=O) groups is 2. The van der Waals surface area contributed by atoms with Crippen molar-refractivity contribution >= 4 is 23.2 Å². The van der Waals surface area contributed by atoms with Gasteiger partial charge in [-0.15, -0.1) is 11.3 Å². The van der Waals surface area contributed by atoms with E-state index >= 15 is 0 Å². The maximum atomic E-state index is 13.1. The Morgan fingerprint density at radius 1 is 1.29 bits per heavy atom. The number of hydroxylamine groups is 1. The van der Waals surface area contributed by atoms with Crippen molar-refractivity contribution in [1.82, 2.24) is 20.7 Å². The minimum absolute atomic E-state index is 0.119. The van der Waals surface area contributed by atoms with Gasteiger partial charge in [0.2, 0.25) is 5.91 Å². The van der Waals surface area contributed by atoms with Gasteiger partial charge in [-0.1, -0.05) is 20.8 Å². The van der Waals surface area contributed by atoms with Crippen molar-refractivity contribution in [2.24, 2.45) is 5.41 Å². The Morgan fingerprint density at radius 3 is 2.52 bits per heavy atom. The van der Waals surface area contributed by atoms with Gasteiger partial charge < -0.3 is 20.2 Å². The predicted molar refractivity (Wildman–Crippen MR) is 119 cm³/mol. The monoisotopic (exact) mass is 446 g/mol. The van der Waals surface area contributed by atoms with Crippen LogP contribution in [0.1, 0.15) is 32.9 Å². The Labute approximate surface area is 186 Å². The number of nitrogens with zero attached hydrogens (tertiary/aromatic N) is 2. The van der Waals surface area contributed by atoms with E-state index in [0.717, 1.165) is 16.1 Å². The Balaban J connectivity index is 1.65. The number of likely N-dealkylation sites (N-methyl/N-ethyl adjacent to an activating group) is 1. The molecule has 1 aliphatic rings. The fourth-order valence-corrected chi connectivity index (χ4v) is 4.64. The zero-order valence-corrected chi connectivity index (χ0v) is 19.3. The molecule has 2 aromatic rings. The molecule has 0 saturated carbocycles. The number of thiazole rings is 1. The van der Waals surface area contributed by atoms with E-state index < -0.39 is 24.1 Å². The van der Waals surface area contributed by atoms with Crippen LogP contribution in [0, 0.1) is 12.3 Å². The molecule has 1 aromatic heterocycles. The van der Waals surface area contributed by atoms with Gasteiger partial charge in [0.05, 0.1) is 28.2 Å². The van der Waals surface area contributed by atoms with Crippen molar-refractivity contribution in [3.05, 3.63) is 35.5 Å². The number of aliphatic hydroxyl groups is 1. The predicted octanol–water partition coefficient (Wildman–Crippen LogP) is 2.12. The molecule has 1 aromatic carbocycles. The highest BCUT2D eigenvalue weighted by atomic mass is 32.1. The molecular weight excluding hydrogens is 416 g/mol. The molecule has 3 N–H and O–H groups in total. The zero-order chi connectivity index (χ0) is 22.8. The molecule has 9 heteroatoms. The van der Waals surface area contributed by atoms with Crippen LogP contribution in [0.15, 0.2) is 29.8 Å². The van der Waals surface area contributed by atoms with Gasteiger partial charge in [-0.05, 0) is 49.2 Å². The van der Waals surface area contributed by atoms with Crippen LogP contribution >= 0.6 is 11.3 Å². The third kappa shape index (κ3) is 5.23. The summed E-state index contributed by atoms with van der Waals surface area (Å²) >= 11 is 1.56. The van der Waals surface area contributed by atoms with E-state index in [0.29, 0.717) is 5.75 Å². The van der Waals surface area contributed by atoms with E-state index in [2.05, 4.69) is 15.8 Å². The number of aliphatic hydroxyl groups excluding tert-OH is 1. The molecule has 2 amide bonds. The average molecular weight is 447 g/mol. The first kappa shape index (κ1) is 23.2. The maximum absolute atomic E-state index is 13.1. The first-order chi connectivity index (χ1) is 14.6. The maximum Gasteiger partial charge on any atom is 0.275 e. The second-order valence-corrected chi connectivity index (χ2v) is 9.70. The second kappa shape index (κ2) is 9.33. The summed E-state index contributed by atoms with van der Waals surface area (Å²) in [7, 11) is 1.72. The van der Waals surface area contributed by atoms with Gasteiger partial charge in [-0.25, -0.2) is 4.98 Å². The number of rotatable bonds is 6. The largest absolute Gasteiger partial charge is 0.391 e. The van der Waals surface area contributed by atoms with E-state index in [1.54, 1.807) is 36.0 Å². The minimum Gasteiger partial charge on any atom is -0.391 e. The number of hydrogen-bond acceptors (Lipinski definition) is 7. The van der Waals surface area contributed by atoms with Crippen LogP contribution in [-0.4, -0.2) is 58.6 Å².